The Balaban J connectivity index is 2.25. The average Bonchev–Trinajstić information content (AvgIpc) is 2.79. The second kappa shape index (κ2) is 12.8. The lowest BCUT2D eigenvalue weighted by Gasteiger charge is -2.19. The van der Waals surface area contributed by atoms with Gasteiger partial charge in [0, 0.05) is 26.4 Å². The van der Waals surface area contributed by atoms with Crippen LogP contribution in [-0.2, 0) is 23.4 Å². The van der Waals surface area contributed by atoms with Crippen LogP contribution in [0, 0.1) is 28.6 Å². The quantitative estimate of drug-likeness (QED) is 0.489. The molecule has 1 aromatic carbocycles. The van der Waals surface area contributed by atoms with Gasteiger partial charge in [0.2, 0.25) is 5.91 Å². The van der Waals surface area contributed by atoms with Crippen LogP contribution in [0.4, 0.5) is 5.82 Å². The van der Waals surface area contributed by atoms with E-state index in [4.69, 9.17) is 5.11 Å². The third-order valence-corrected chi connectivity index (χ3v) is 6.11. The lowest BCUT2D eigenvalue weighted by atomic mass is 9.96. The molecule has 1 amide bonds. The Morgan fingerprint density at radius 1 is 1.15 bits per heavy atom. The number of hydrogen-bond donors (Lipinski definition) is 2. The molecule has 0 saturated carbocycles. The highest BCUT2D eigenvalue weighted by Gasteiger charge is 2.21. The van der Waals surface area contributed by atoms with Crippen molar-refractivity contribution in [3.63, 3.8) is 0 Å². The van der Waals surface area contributed by atoms with Gasteiger partial charge in [-0.05, 0) is 35.4 Å². The van der Waals surface area contributed by atoms with Crippen LogP contribution in [0.1, 0.15) is 48.1 Å². The lowest BCUT2D eigenvalue weighted by Crippen LogP contribution is -2.27. The Bertz CT molecular complexity index is 1040. The SMILES string of the molecule is CC(C)CCc1c(C#N)c(SCc2ccc(CC(=O)NCCO)cc2)nc(N(C)C)c1C#N. The van der Waals surface area contributed by atoms with Gasteiger partial charge in [0.1, 0.15) is 23.0 Å². The van der Waals surface area contributed by atoms with E-state index >= 15 is 0 Å². The highest BCUT2D eigenvalue weighted by atomic mass is 32.2. The number of pyridine rings is 1. The van der Waals surface area contributed by atoms with Crippen molar-refractivity contribution in [1.82, 2.24) is 10.3 Å². The number of thioether (sulfide) groups is 1. The van der Waals surface area contributed by atoms with Crippen molar-refractivity contribution >= 4 is 23.5 Å². The van der Waals surface area contributed by atoms with Gasteiger partial charge >= 0.3 is 0 Å². The molecule has 0 saturated heterocycles. The average molecular weight is 466 g/mol. The summed E-state index contributed by atoms with van der Waals surface area (Å²) in [5.74, 6) is 1.53. The van der Waals surface area contributed by atoms with Crippen molar-refractivity contribution in [1.29, 1.82) is 10.5 Å². The molecule has 1 aromatic heterocycles. The maximum atomic E-state index is 11.8. The zero-order valence-corrected chi connectivity index (χ0v) is 20.5. The van der Waals surface area contributed by atoms with Crippen molar-refractivity contribution in [2.75, 3.05) is 32.1 Å². The van der Waals surface area contributed by atoms with Crippen LogP contribution >= 0.6 is 11.8 Å². The Labute approximate surface area is 200 Å². The molecular formula is C25H31N5O2S. The Hall–Kier alpha value is -3.07. The minimum atomic E-state index is -0.128. The van der Waals surface area contributed by atoms with E-state index in [1.165, 1.54) is 11.8 Å². The maximum Gasteiger partial charge on any atom is 0.224 e. The molecular weight excluding hydrogens is 434 g/mol. The second-order valence-electron chi connectivity index (χ2n) is 8.38. The van der Waals surface area contributed by atoms with E-state index in [2.05, 4.69) is 36.3 Å². The summed E-state index contributed by atoms with van der Waals surface area (Å²) in [7, 11) is 3.71. The van der Waals surface area contributed by atoms with E-state index in [9.17, 15) is 15.3 Å². The van der Waals surface area contributed by atoms with Gasteiger partial charge in [-0.2, -0.15) is 10.5 Å². The van der Waals surface area contributed by atoms with Crippen LogP contribution in [0.15, 0.2) is 29.3 Å². The summed E-state index contributed by atoms with van der Waals surface area (Å²) in [4.78, 5) is 18.3. The Kier molecular flexibility index (Phi) is 10.2. The van der Waals surface area contributed by atoms with Gasteiger partial charge in [0.15, 0.2) is 0 Å². The minimum absolute atomic E-state index is 0.0787. The predicted octanol–water partition coefficient (Wildman–Crippen LogP) is 3.42. The number of nitrogens with zero attached hydrogens (tertiary/aromatic N) is 4. The first kappa shape index (κ1) is 26.2. The fourth-order valence-corrected chi connectivity index (χ4v) is 4.25. The zero-order chi connectivity index (χ0) is 24.4. The third kappa shape index (κ3) is 7.49. The molecule has 8 heteroatoms. The summed E-state index contributed by atoms with van der Waals surface area (Å²) < 4.78 is 0. The summed E-state index contributed by atoms with van der Waals surface area (Å²) in [6, 6.07) is 12.3. The van der Waals surface area contributed by atoms with E-state index in [0.29, 0.717) is 40.1 Å². The minimum Gasteiger partial charge on any atom is -0.395 e. The maximum absolute atomic E-state index is 11.8. The summed E-state index contributed by atoms with van der Waals surface area (Å²) in [5, 5.41) is 31.8. The standard InChI is InChI=1S/C25H31N5O2S/c1-17(2)5-10-20-21(14-26)24(30(3)4)29-25(22(20)15-27)33-16-19-8-6-18(7-9-19)13-23(32)28-11-12-31/h6-9,17,31H,5,10-13,16H2,1-4H3,(H,28,32). The molecule has 0 spiro atoms. The molecule has 0 fully saturated rings. The number of nitriles is 2. The molecule has 174 valence electrons. The molecule has 1 heterocycles. The van der Waals surface area contributed by atoms with Crippen molar-refractivity contribution in [3.8, 4) is 12.1 Å². The molecule has 0 bridgehead atoms. The fourth-order valence-electron chi connectivity index (χ4n) is 3.29. The first-order chi connectivity index (χ1) is 15.8. The number of aliphatic hydroxyl groups is 1. The first-order valence-electron chi connectivity index (χ1n) is 10.9. The van der Waals surface area contributed by atoms with E-state index in [0.717, 1.165) is 23.1 Å². The van der Waals surface area contributed by atoms with E-state index in [1.54, 1.807) is 0 Å². The van der Waals surface area contributed by atoms with Crippen LogP contribution in [0.3, 0.4) is 0 Å². The van der Waals surface area contributed by atoms with Crippen LogP contribution < -0.4 is 10.2 Å². The number of aromatic nitrogens is 1. The van der Waals surface area contributed by atoms with Gasteiger partial charge in [0.05, 0.1) is 24.2 Å². The van der Waals surface area contributed by atoms with E-state index < -0.39 is 0 Å². The summed E-state index contributed by atoms with van der Waals surface area (Å²) in [5.41, 5.74) is 3.67. The first-order valence-corrected chi connectivity index (χ1v) is 11.9. The zero-order valence-electron chi connectivity index (χ0n) is 19.7. The summed E-state index contributed by atoms with van der Waals surface area (Å²) in [6.45, 7) is 4.43. The van der Waals surface area contributed by atoms with Gasteiger partial charge in [-0.15, -0.1) is 11.8 Å². The molecule has 0 unspecified atom stereocenters. The molecule has 0 atom stereocenters. The van der Waals surface area contributed by atoms with Crippen molar-refractivity contribution in [2.24, 2.45) is 5.92 Å². The number of carbonyl (C=O) groups excluding carboxylic acids is 1. The van der Waals surface area contributed by atoms with E-state index in [1.807, 2.05) is 43.3 Å². The van der Waals surface area contributed by atoms with Crippen LogP contribution in [0.2, 0.25) is 0 Å². The number of aliphatic hydroxyl groups excluding tert-OH is 1. The smallest absolute Gasteiger partial charge is 0.224 e. The van der Waals surface area contributed by atoms with Gasteiger partial charge in [-0.3, -0.25) is 4.79 Å². The number of anilines is 1. The predicted molar refractivity (Wildman–Crippen MR) is 131 cm³/mol. The highest BCUT2D eigenvalue weighted by molar-refractivity contribution is 7.98. The number of amides is 1. The molecule has 2 N–H and O–H groups in total. The number of hydrogen-bond acceptors (Lipinski definition) is 7. The van der Waals surface area contributed by atoms with Crippen LogP contribution in [-0.4, -0.2) is 43.2 Å². The molecule has 7 nitrogen and oxygen atoms in total. The molecule has 0 aliphatic rings. The van der Waals surface area contributed by atoms with Crippen LogP contribution in [0.25, 0.3) is 0 Å². The molecule has 2 aromatic rings. The van der Waals surface area contributed by atoms with Gasteiger partial charge in [-0.25, -0.2) is 4.98 Å². The third-order valence-electron chi connectivity index (χ3n) is 5.06. The molecule has 33 heavy (non-hydrogen) atoms. The molecule has 0 aliphatic carbocycles. The highest BCUT2D eigenvalue weighted by Crippen LogP contribution is 2.33. The number of benzene rings is 1. The largest absolute Gasteiger partial charge is 0.395 e. The number of nitrogens with one attached hydrogen (secondary N) is 1. The van der Waals surface area contributed by atoms with Crippen molar-refractivity contribution in [2.45, 2.75) is 43.9 Å². The Morgan fingerprint density at radius 2 is 1.79 bits per heavy atom. The summed E-state index contributed by atoms with van der Waals surface area (Å²) >= 11 is 1.48. The monoisotopic (exact) mass is 465 g/mol. The second-order valence-corrected chi connectivity index (χ2v) is 9.34. The summed E-state index contributed by atoms with van der Waals surface area (Å²) in [6.07, 6.45) is 1.81. The van der Waals surface area contributed by atoms with Crippen molar-refractivity contribution in [3.05, 3.63) is 52.1 Å². The molecule has 2 rings (SSSR count). The fraction of sp³-hybridized carbons (Fsp3) is 0.440. The Morgan fingerprint density at radius 3 is 2.33 bits per heavy atom. The number of carbonyl (C=O) groups is 1. The van der Waals surface area contributed by atoms with Gasteiger partial charge < -0.3 is 15.3 Å². The molecule has 0 aliphatic heterocycles. The van der Waals surface area contributed by atoms with Gasteiger partial charge in [-0.1, -0.05) is 38.1 Å². The molecule has 0 radical (unpaired) electrons. The lowest BCUT2D eigenvalue weighted by molar-refractivity contribution is -0.120. The topological polar surface area (TPSA) is 113 Å². The van der Waals surface area contributed by atoms with Crippen LogP contribution in [0.5, 0.6) is 0 Å². The normalized spacial score (nSPS) is 10.5. The number of rotatable bonds is 11. The van der Waals surface area contributed by atoms with E-state index in [-0.39, 0.29) is 25.5 Å². The van der Waals surface area contributed by atoms with Crippen molar-refractivity contribution < 1.29 is 9.90 Å². The van der Waals surface area contributed by atoms with Gasteiger partial charge in [0.25, 0.3) is 0 Å².